The molecule has 0 atom stereocenters. The second-order valence-electron chi connectivity index (χ2n) is 4.85. The number of benzene rings is 1. The number of rotatable bonds is 5. The van der Waals surface area contributed by atoms with Crippen LogP contribution in [0.5, 0.6) is 5.75 Å². The van der Waals surface area contributed by atoms with Crippen LogP contribution >= 0.6 is 0 Å². The molecule has 1 aliphatic heterocycles. The summed E-state index contributed by atoms with van der Waals surface area (Å²) in [5.74, 6) is 0.427. The first kappa shape index (κ1) is 15.0. The summed E-state index contributed by atoms with van der Waals surface area (Å²) in [4.78, 5) is 37.9. The number of methoxy groups -OCH3 is 1. The maximum atomic E-state index is 12.1. The third-order valence-corrected chi connectivity index (χ3v) is 3.54. The Bertz CT molecular complexity index is 571. The molecule has 1 heterocycles. The van der Waals surface area contributed by atoms with E-state index in [4.69, 9.17) is 4.74 Å². The van der Waals surface area contributed by atoms with Gasteiger partial charge < -0.3 is 14.5 Å². The summed E-state index contributed by atoms with van der Waals surface area (Å²) in [5, 5.41) is 0. The number of carbonyl (C=O) groups is 3. The molecule has 6 heteroatoms. The van der Waals surface area contributed by atoms with E-state index in [1.807, 2.05) is 6.92 Å². The van der Waals surface area contributed by atoms with Gasteiger partial charge in [-0.2, -0.15) is 0 Å². The zero-order valence-electron chi connectivity index (χ0n) is 12.2. The Labute approximate surface area is 123 Å². The van der Waals surface area contributed by atoms with Crippen molar-refractivity contribution < 1.29 is 19.1 Å². The molecule has 6 nitrogen and oxygen atoms in total. The molecule has 21 heavy (non-hydrogen) atoms. The normalized spacial score (nSPS) is 15.3. The lowest BCUT2D eigenvalue weighted by Gasteiger charge is -2.33. The quantitative estimate of drug-likeness (QED) is 0.749. The van der Waals surface area contributed by atoms with Gasteiger partial charge in [-0.05, 0) is 25.1 Å². The fourth-order valence-corrected chi connectivity index (χ4v) is 2.34. The zero-order chi connectivity index (χ0) is 15.4. The number of carbonyl (C=O) groups excluding carboxylic acids is 3. The Morgan fingerprint density at radius 3 is 2.48 bits per heavy atom. The molecule has 112 valence electrons. The Hall–Kier alpha value is -2.37. The average Bonchev–Trinajstić information content (AvgIpc) is 2.50. The molecule has 0 aromatic heterocycles. The minimum absolute atomic E-state index is 0.0567. The van der Waals surface area contributed by atoms with Crippen molar-refractivity contribution in [2.45, 2.75) is 13.5 Å². The molecular formula is C15H18N2O4. The van der Waals surface area contributed by atoms with Gasteiger partial charge in [0, 0.05) is 24.2 Å². The summed E-state index contributed by atoms with van der Waals surface area (Å²) in [6.07, 6.45) is 0.741. The molecule has 0 radical (unpaired) electrons. The van der Waals surface area contributed by atoms with Gasteiger partial charge >= 0.3 is 0 Å². The molecule has 0 saturated carbocycles. The summed E-state index contributed by atoms with van der Waals surface area (Å²) in [6, 6.07) is 5.01. The molecule has 2 amide bonds. The Morgan fingerprint density at radius 2 is 1.86 bits per heavy atom. The first-order valence-corrected chi connectivity index (χ1v) is 6.76. The van der Waals surface area contributed by atoms with E-state index in [1.165, 1.54) is 16.9 Å². The van der Waals surface area contributed by atoms with E-state index in [1.54, 1.807) is 18.2 Å². The molecule has 1 aromatic rings. The number of hydrogen-bond acceptors (Lipinski definition) is 4. The van der Waals surface area contributed by atoms with Crippen LogP contribution < -0.4 is 4.74 Å². The Kier molecular flexibility index (Phi) is 4.57. The van der Waals surface area contributed by atoms with Crippen molar-refractivity contribution in [3.63, 3.8) is 0 Å². The lowest BCUT2D eigenvalue weighted by atomic mass is 10.1. The lowest BCUT2D eigenvalue weighted by Crippen LogP contribution is -2.53. The third-order valence-electron chi connectivity index (χ3n) is 3.54. The number of amides is 2. The van der Waals surface area contributed by atoms with Crippen molar-refractivity contribution in [1.82, 2.24) is 9.80 Å². The highest BCUT2D eigenvalue weighted by atomic mass is 16.5. The number of hydrogen-bond donors (Lipinski definition) is 0. The lowest BCUT2D eigenvalue weighted by molar-refractivity contribution is -0.150. The molecule has 1 aliphatic rings. The fraction of sp³-hybridized carbons (Fsp3) is 0.400. The molecule has 1 aromatic carbocycles. The fourth-order valence-electron chi connectivity index (χ4n) is 2.34. The summed E-state index contributed by atoms with van der Waals surface area (Å²) < 4.78 is 5.24. The van der Waals surface area contributed by atoms with Crippen LogP contribution in [0.25, 0.3) is 0 Å². The van der Waals surface area contributed by atoms with E-state index in [9.17, 15) is 14.4 Å². The largest absolute Gasteiger partial charge is 0.496 e. The van der Waals surface area contributed by atoms with Crippen molar-refractivity contribution in [2.24, 2.45) is 0 Å². The van der Waals surface area contributed by atoms with Crippen molar-refractivity contribution in [2.75, 3.05) is 26.7 Å². The van der Waals surface area contributed by atoms with Gasteiger partial charge in [-0.1, -0.05) is 0 Å². The number of aldehydes is 1. The van der Waals surface area contributed by atoms with E-state index in [0.29, 0.717) is 23.4 Å². The van der Waals surface area contributed by atoms with Crippen molar-refractivity contribution >= 4 is 18.1 Å². The second-order valence-corrected chi connectivity index (χ2v) is 4.85. The molecule has 0 aliphatic carbocycles. The number of likely N-dealkylation sites (N-methyl/N-ethyl adjacent to an activating group) is 1. The average molecular weight is 290 g/mol. The van der Waals surface area contributed by atoms with Gasteiger partial charge in [0.25, 0.3) is 0 Å². The zero-order valence-corrected chi connectivity index (χ0v) is 12.2. The Balaban J connectivity index is 2.19. The summed E-state index contributed by atoms with van der Waals surface area (Å²) in [5.41, 5.74) is 1.23. The standard InChI is InChI=1S/C15H18N2O4/c1-3-16-8-15(20)17(9-14(16)19)7-12-6-11(10-18)4-5-13(12)21-2/h4-6,10H,3,7-9H2,1-2H3. The van der Waals surface area contributed by atoms with Crippen LogP contribution in [0.2, 0.25) is 0 Å². The molecular weight excluding hydrogens is 272 g/mol. The van der Waals surface area contributed by atoms with Crippen molar-refractivity contribution in [3.05, 3.63) is 29.3 Å². The second kappa shape index (κ2) is 6.39. The van der Waals surface area contributed by atoms with E-state index >= 15 is 0 Å². The van der Waals surface area contributed by atoms with E-state index in [-0.39, 0.29) is 31.4 Å². The third kappa shape index (κ3) is 3.21. The minimum Gasteiger partial charge on any atom is -0.496 e. The van der Waals surface area contributed by atoms with Crippen molar-refractivity contribution in [1.29, 1.82) is 0 Å². The van der Waals surface area contributed by atoms with E-state index in [0.717, 1.165) is 6.29 Å². The molecule has 1 saturated heterocycles. The van der Waals surface area contributed by atoms with Gasteiger partial charge in [0.2, 0.25) is 11.8 Å². The van der Waals surface area contributed by atoms with Crippen LogP contribution in [-0.4, -0.2) is 54.6 Å². The maximum Gasteiger partial charge on any atom is 0.242 e. The van der Waals surface area contributed by atoms with Crippen LogP contribution in [0, 0.1) is 0 Å². The molecule has 0 bridgehead atoms. The molecule has 1 fully saturated rings. The monoisotopic (exact) mass is 290 g/mol. The maximum absolute atomic E-state index is 12.1. The van der Waals surface area contributed by atoms with Gasteiger partial charge in [-0.25, -0.2) is 0 Å². The van der Waals surface area contributed by atoms with Crippen LogP contribution in [0.15, 0.2) is 18.2 Å². The molecule has 2 rings (SSSR count). The highest BCUT2D eigenvalue weighted by Gasteiger charge is 2.29. The van der Waals surface area contributed by atoms with E-state index in [2.05, 4.69) is 0 Å². The van der Waals surface area contributed by atoms with Gasteiger partial charge in [0.15, 0.2) is 0 Å². The predicted octanol–water partition coefficient (Wildman–Crippen LogP) is 0.698. The van der Waals surface area contributed by atoms with Crippen LogP contribution in [0.3, 0.4) is 0 Å². The van der Waals surface area contributed by atoms with Gasteiger partial charge in [0.1, 0.15) is 18.6 Å². The Morgan fingerprint density at radius 1 is 1.19 bits per heavy atom. The van der Waals surface area contributed by atoms with Gasteiger partial charge in [-0.15, -0.1) is 0 Å². The van der Waals surface area contributed by atoms with Crippen molar-refractivity contribution in [3.8, 4) is 5.75 Å². The van der Waals surface area contributed by atoms with Gasteiger partial charge in [-0.3, -0.25) is 14.4 Å². The SMILES string of the molecule is CCN1CC(=O)N(Cc2cc(C=O)ccc2OC)CC1=O. The smallest absolute Gasteiger partial charge is 0.242 e. The van der Waals surface area contributed by atoms with Crippen LogP contribution in [0.4, 0.5) is 0 Å². The highest BCUT2D eigenvalue weighted by molar-refractivity contribution is 5.92. The molecule has 0 spiro atoms. The first-order valence-electron chi connectivity index (χ1n) is 6.76. The summed E-state index contributed by atoms with van der Waals surface area (Å²) in [7, 11) is 1.53. The van der Waals surface area contributed by atoms with E-state index < -0.39 is 0 Å². The number of ether oxygens (including phenoxy) is 1. The number of piperazine rings is 1. The van der Waals surface area contributed by atoms with Crippen LogP contribution in [0.1, 0.15) is 22.8 Å². The molecule has 0 unspecified atom stereocenters. The minimum atomic E-state index is -0.102. The molecule has 0 N–H and O–H groups in total. The van der Waals surface area contributed by atoms with Gasteiger partial charge in [0.05, 0.1) is 13.7 Å². The first-order chi connectivity index (χ1) is 10.1. The highest BCUT2D eigenvalue weighted by Crippen LogP contribution is 2.22. The summed E-state index contributed by atoms with van der Waals surface area (Å²) in [6.45, 7) is 2.79. The predicted molar refractivity (Wildman–Crippen MR) is 76.1 cm³/mol. The topological polar surface area (TPSA) is 66.9 Å². The summed E-state index contributed by atoms with van der Waals surface area (Å²) >= 11 is 0. The van der Waals surface area contributed by atoms with Crippen LogP contribution in [-0.2, 0) is 16.1 Å². The number of nitrogens with zero attached hydrogens (tertiary/aromatic N) is 2.